The van der Waals surface area contributed by atoms with Gasteiger partial charge in [-0.2, -0.15) is 8.78 Å². The summed E-state index contributed by atoms with van der Waals surface area (Å²) in [5, 5.41) is 6.52. The van der Waals surface area contributed by atoms with Gasteiger partial charge in [0.25, 0.3) is 11.5 Å². The standard InChI is InChI=1S/C29H32F2N6O6/c1-4-12-33-27(41)29(30,31)24(39)23(18(2)3)36-22(38)16-37-25(20-8-6-5-7-9-20)34-15-21(26(37)40)35-28(42)43-17-19-10-13-32-14-11-19/h5-11,13-15,18,23H,4,12,16-17H2,1-3H3,(H,33,41)(H,35,42)(H,36,38). The van der Waals surface area contributed by atoms with Gasteiger partial charge in [-0.1, -0.05) is 51.1 Å². The molecule has 1 unspecified atom stereocenters. The summed E-state index contributed by atoms with van der Waals surface area (Å²) in [5.74, 6) is -9.71. The largest absolute Gasteiger partial charge is 0.444 e. The third-order valence-electron chi connectivity index (χ3n) is 6.13. The smallest absolute Gasteiger partial charge is 0.412 e. The number of hydrogen-bond acceptors (Lipinski definition) is 8. The zero-order valence-corrected chi connectivity index (χ0v) is 23.8. The first-order valence-corrected chi connectivity index (χ1v) is 13.4. The number of Topliss-reactive ketones (excluding diaryl/α,β-unsaturated/α-hetero) is 1. The fraction of sp³-hybridized carbons (Fsp3) is 0.345. The quantitative estimate of drug-likeness (QED) is 0.253. The van der Waals surface area contributed by atoms with Crippen LogP contribution in [0.1, 0.15) is 32.8 Å². The highest BCUT2D eigenvalue weighted by molar-refractivity contribution is 6.10. The molecule has 0 aliphatic heterocycles. The maximum Gasteiger partial charge on any atom is 0.412 e. The lowest BCUT2D eigenvalue weighted by atomic mass is 9.95. The molecule has 3 N–H and O–H groups in total. The molecule has 12 nitrogen and oxygen atoms in total. The van der Waals surface area contributed by atoms with Crippen LogP contribution in [-0.4, -0.2) is 56.7 Å². The number of aromatic nitrogens is 3. The second kappa shape index (κ2) is 14.8. The summed E-state index contributed by atoms with van der Waals surface area (Å²) in [5.41, 5.74) is -0.0707. The Hall–Kier alpha value is -5.01. The molecule has 43 heavy (non-hydrogen) atoms. The van der Waals surface area contributed by atoms with Crippen molar-refractivity contribution in [3.8, 4) is 11.4 Å². The summed E-state index contributed by atoms with van der Waals surface area (Å²) >= 11 is 0. The van der Waals surface area contributed by atoms with Crippen LogP contribution in [-0.2, 0) is 32.3 Å². The molecule has 1 aromatic carbocycles. The molecule has 0 aliphatic carbocycles. The molecule has 2 heterocycles. The van der Waals surface area contributed by atoms with Gasteiger partial charge in [0.1, 0.15) is 24.7 Å². The third kappa shape index (κ3) is 8.50. The van der Waals surface area contributed by atoms with Gasteiger partial charge in [0.2, 0.25) is 11.7 Å². The number of hydrogen-bond donors (Lipinski definition) is 3. The van der Waals surface area contributed by atoms with Crippen molar-refractivity contribution >= 4 is 29.4 Å². The van der Waals surface area contributed by atoms with Gasteiger partial charge in [0, 0.05) is 24.5 Å². The lowest BCUT2D eigenvalue weighted by Gasteiger charge is -2.25. The van der Waals surface area contributed by atoms with Crippen LogP contribution in [0.25, 0.3) is 11.4 Å². The molecule has 3 rings (SSSR count). The highest BCUT2D eigenvalue weighted by Gasteiger charge is 2.51. The number of alkyl halides is 2. The molecule has 0 radical (unpaired) electrons. The van der Waals surface area contributed by atoms with Gasteiger partial charge < -0.3 is 15.4 Å². The summed E-state index contributed by atoms with van der Waals surface area (Å²) < 4.78 is 35.4. The van der Waals surface area contributed by atoms with Crippen molar-refractivity contribution in [2.45, 2.75) is 52.3 Å². The maximum absolute atomic E-state index is 14.7. The molecule has 0 saturated heterocycles. The zero-order valence-electron chi connectivity index (χ0n) is 23.8. The minimum absolute atomic E-state index is 0.0353. The van der Waals surface area contributed by atoms with E-state index in [4.69, 9.17) is 4.74 Å². The number of amides is 3. The van der Waals surface area contributed by atoms with Gasteiger partial charge in [-0.25, -0.2) is 9.78 Å². The molecule has 2 aromatic heterocycles. The molecule has 0 saturated carbocycles. The molecular formula is C29H32F2N6O6. The molecule has 0 aliphatic rings. The van der Waals surface area contributed by atoms with E-state index in [1.54, 1.807) is 49.4 Å². The fourth-order valence-corrected chi connectivity index (χ4v) is 3.87. The van der Waals surface area contributed by atoms with E-state index in [1.807, 2.05) is 5.32 Å². The molecule has 0 bridgehead atoms. The number of ether oxygens (including phenoxy) is 1. The van der Waals surface area contributed by atoms with Crippen LogP contribution in [0.15, 0.2) is 65.8 Å². The lowest BCUT2D eigenvalue weighted by molar-refractivity contribution is -0.161. The van der Waals surface area contributed by atoms with Gasteiger partial charge in [-0.3, -0.25) is 34.0 Å². The number of nitrogens with one attached hydrogen (secondary N) is 3. The Balaban J connectivity index is 1.86. The number of benzene rings is 1. The summed E-state index contributed by atoms with van der Waals surface area (Å²) in [6.07, 6.45) is 3.55. The number of carbonyl (C=O) groups is 4. The average molecular weight is 599 g/mol. The van der Waals surface area contributed by atoms with Crippen LogP contribution < -0.4 is 21.5 Å². The normalized spacial score (nSPS) is 11.9. The Labute approximate surface area is 245 Å². The molecule has 228 valence electrons. The molecule has 3 aromatic rings. The minimum atomic E-state index is -4.40. The fourth-order valence-electron chi connectivity index (χ4n) is 3.87. The number of nitrogens with zero attached hydrogens (tertiary/aromatic N) is 3. The molecule has 1 atom stereocenters. The lowest BCUT2D eigenvalue weighted by Crippen LogP contribution is -2.57. The van der Waals surface area contributed by atoms with Crippen molar-refractivity contribution in [1.82, 2.24) is 25.2 Å². The number of ketones is 1. The molecule has 3 amide bonds. The Kier molecular flexibility index (Phi) is 11.2. The van der Waals surface area contributed by atoms with Crippen molar-refractivity contribution in [2.24, 2.45) is 5.92 Å². The first kappa shape index (κ1) is 32.5. The second-order valence-corrected chi connectivity index (χ2v) is 9.79. The van der Waals surface area contributed by atoms with Gasteiger partial charge in [0.15, 0.2) is 0 Å². The molecule has 14 heteroatoms. The predicted molar refractivity (Wildman–Crippen MR) is 152 cm³/mol. The average Bonchev–Trinajstić information content (AvgIpc) is 3.00. The number of pyridine rings is 1. The van der Waals surface area contributed by atoms with E-state index in [0.717, 1.165) is 10.8 Å². The van der Waals surface area contributed by atoms with Crippen molar-refractivity contribution in [1.29, 1.82) is 0 Å². The van der Waals surface area contributed by atoms with Crippen molar-refractivity contribution in [3.05, 3.63) is 77.0 Å². The van der Waals surface area contributed by atoms with Crippen LogP contribution in [0.3, 0.4) is 0 Å². The highest BCUT2D eigenvalue weighted by atomic mass is 19.3. The van der Waals surface area contributed by atoms with Gasteiger partial charge >= 0.3 is 12.0 Å². The van der Waals surface area contributed by atoms with Crippen LogP contribution in [0.4, 0.5) is 19.3 Å². The number of halogens is 2. The van der Waals surface area contributed by atoms with Crippen molar-refractivity contribution < 1.29 is 32.7 Å². The zero-order chi connectivity index (χ0) is 31.6. The Bertz CT molecular complexity index is 1500. The molecule has 0 fully saturated rings. The number of rotatable bonds is 13. The van der Waals surface area contributed by atoms with E-state index in [0.29, 0.717) is 17.5 Å². The molecule has 0 spiro atoms. The van der Waals surface area contributed by atoms with E-state index in [1.165, 1.54) is 26.2 Å². The second-order valence-electron chi connectivity index (χ2n) is 9.79. The van der Waals surface area contributed by atoms with Gasteiger partial charge in [-0.15, -0.1) is 0 Å². The van der Waals surface area contributed by atoms with Gasteiger partial charge in [-0.05, 0) is 30.0 Å². The Morgan fingerprint density at radius 1 is 1.05 bits per heavy atom. The number of anilines is 1. The summed E-state index contributed by atoms with van der Waals surface area (Å²) in [6.45, 7) is 3.60. The van der Waals surface area contributed by atoms with E-state index >= 15 is 0 Å². The van der Waals surface area contributed by atoms with E-state index in [9.17, 15) is 32.8 Å². The van der Waals surface area contributed by atoms with Crippen LogP contribution in [0, 0.1) is 5.92 Å². The van der Waals surface area contributed by atoms with Crippen LogP contribution in [0.5, 0.6) is 0 Å². The summed E-state index contributed by atoms with van der Waals surface area (Å²) in [6, 6.07) is 9.85. The highest BCUT2D eigenvalue weighted by Crippen LogP contribution is 2.21. The first-order chi connectivity index (χ1) is 20.4. The summed E-state index contributed by atoms with van der Waals surface area (Å²) in [7, 11) is 0. The topological polar surface area (TPSA) is 161 Å². The third-order valence-corrected chi connectivity index (χ3v) is 6.13. The number of carbonyl (C=O) groups excluding carboxylic acids is 4. The predicted octanol–water partition coefficient (Wildman–Crippen LogP) is 2.93. The molecular weight excluding hydrogens is 566 g/mol. The monoisotopic (exact) mass is 598 g/mol. The van der Waals surface area contributed by atoms with E-state index in [2.05, 4.69) is 20.6 Å². The van der Waals surface area contributed by atoms with Crippen LogP contribution >= 0.6 is 0 Å². The minimum Gasteiger partial charge on any atom is -0.444 e. The van der Waals surface area contributed by atoms with Crippen molar-refractivity contribution in [3.63, 3.8) is 0 Å². The van der Waals surface area contributed by atoms with Crippen LogP contribution in [0.2, 0.25) is 0 Å². The Morgan fingerprint density at radius 3 is 2.35 bits per heavy atom. The Morgan fingerprint density at radius 2 is 1.72 bits per heavy atom. The maximum atomic E-state index is 14.7. The van der Waals surface area contributed by atoms with E-state index < -0.39 is 53.7 Å². The SMILES string of the molecule is CCCNC(=O)C(F)(F)C(=O)C(NC(=O)Cn1c(-c2ccccc2)ncc(NC(=O)OCc2ccncc2)c1=O)C(C)C. The first-order valence-electron chi connectivity index (χ1n) is 13.4. The van der Waals surface area contributed by atoms with Gasteiger partial charge in [0.05, 0.1) is 12.2 Å². The van der Waals surface area contributed by atoms with E-state index in [-0.39, 0.29) is 24.7 Å². The summed E-state index contributed by atoms with van der Waals surface area (Å²) in [4.78, 5) is 71.7. The van der Waals surface area contributed by atoms with Crippen molar-refractivity contribution in [2.75, 3.05) is 11.9 Å².